The highest BCUT2D eigenvalue weighted by Crippen LogP contribution is 2.51. The lowest BCUT2D eigenvalue weighted by Crippen LogP contribution is -2.53. The monoisotopic (exact) mass is 298 g/mol. The van der Waals surface area contributed by atoms with Crippen molar-refractivity contribution in [3.05, 3.63) is 0 Å². The van der Waals surface area contributed by atoms with Crippen LogP contribution < -0.4 is 0 Å². The van der Waals surface area contributed by atoms with Crippen LogP contribution in [0.4, 0.5) is 0 Å². The molecule has 2 saturated heterocycles. The van der Waals surface area contributed by atoms with Gasteiger partial charge in [-0.25, -0.2) is 0 Å². The van der Waals surface area contributed by atoms with Gasteiger partial charge in [0.2, 0.25) is 0 Å². The molecule has 0 aromatic heterocycles. The Hall–Kier alpha value is -0.200. The van der Waals surface area contributed by atoms with Gasteiger partial charge in [-0.3, -0.25) is 0 Å². The zero-order valence-electron chi connectivity index (χ0n) is 13.2. The molecule has 2 saturated carbocycles. The van der Waals surface area contributed by atoms with Crippen molar-refractivity contribution < 1.29 is 23.7 Å². The molecule has 4 atom stereocenters. The number of fused-ring (bicyclic) bond motifs is 1. The minimum Gasteiger partial charge on any atom is -0.379 e. The Morgan fingerprint density at radius 3 is 2.43 bits per heavy atom. The fourth-order valence-electron chi connectivity index (χ4n) is 4.55. The van der Waals surface area contributed by atoms with Gasteiger partial charge >= 0.3 is 0 Å². The van der Waals surface area contributed by atoms with E-state index in [1.54, 1.807) is 7.11 Å². The first-order valence-corrected chi connectivity index (χ1v) is 8.18. The third-order valence-electron chi connectivity index (χ3n) is 5.41. The van der Waals surface area contributed by atoms with Crippen LogP contribution in [0.25, 0.3) is 0 Å². The first kappa shape index (κ1) is 14.4. The van der Waals surface area contributed by atoms with Gasteiger partial charge in [0.1, 0.15) is 11.7 Å². The predicted molar refractivity (Wildman–Crippen MR) is 74.8 cm³/mol. The molecule has 21 heavy (non-hydrogen) atoms. The number of hydrogen-bond donors (Lipinski definition) is 0. The maximum absolute atomic E-state index is 6.36. The molecule has 2 aliphatic heterocycles. The standard InChI is InChI=1S/C16H26O5/c1-14(2)18-10-15(21-14)8-11(17-3)13-12(9-15)19-16(20-13)6-4-5-7-16/h11-13H,4-10H2,1-3H3/t11-,12-,13+,15-/m1/s1. The van der Waals surface area contributed by atoms with E-state index in [2.05, 4.69) is 0 Å². The Balaban J connectivity index is 1.56. The maximum Gasteiger partial charge on any atom is 0.169 e. The minimum atomic E-state index is -0.518. The number of ether oxygens (including phenoxy) is 5. The van der Waals surface area contributed by atoms with Crippen LogP contribution in [-0.2, 0) is 23.7 Å². The van der Waals surface area contributed by atoms with Gasteiger partial charge in [-0.15, -0.1) is 0 Å². The molecule has 0 N–H and O–H groups in total. The van der Waals surface area contributed by atoms with Crippen LogP contribution in [0.2, 0.25) is 0 Å². The minimum absolute atomic E-state index is 0.0150. The fourth-order valence-corrected chi connectivity index (χ4v) is 4.55. The largest absolute Gasteiger partial charge is 0.379 e. The van der Waals surface area contributed by atoms with Crippen LogP contribution in [0.5, 0.6) is 0 Å². The van der Waals surface area contributed by atoms with E-state index in [-0.39, 0.29) is 29.7 Å². The molecule has 0 unspecified atom stereocenters. The summed E-state index contributed by atoms with van der Waals surface area (Å²) in [6.07, 6.45) is 6.14. The summed E-state index contributed by atoms with van der Waals surface area (Å²) in [5.74, 6) is -0.873. The molecule has 0 bridgehead atoms. The zero-order valence-corrected chi connectivity index (χ0v) is 13.2. The summed E-state index contributed by atoms with van der Waals surface area (Å²) in [6, 6.07) is 0. The van der Waals surface area contributed by atoms with E-state index in [1.807, 2.05) is 13.8 Å². The van der Waals surface area contributed by atoms with Crippen LogP contribution in [0, 0.1) is 0 Å². The molecule has 0 aromatic carbocycles. The Bertz CT molecular complexity index is 417. The average molecular weight is 298 g/mol. The molecule has 0 aromatic rings. The molecule has 5 heteroatoms. The number of methoxy groups -OCH3 is 1. The first-order valence-electron chi connectivity index (χ1n) is 8.18. The molecule has 4 aliphatic rings. The van der Waals surface area contributed by atoms with E-state index in [0.29, 0.717) is 6.61 Å². The molecule has 2 spiro atoms. The SMILES string of the molecule is CO[C@@H]1C[C@]2(COC(C)(C)O2)C[C@H]2OC3(CCCC3)O[C@@H]12. The molecule has 2 aliphatic carbocycles. The molecule has 0 radical (unpaired) electrons. The van der Waals surface area contributed by atoms with Gasteiger partial charge in [-0.1, -0.05) is 0 Å². The second-order valence-electron chi connectivity index (χ2n) is 7.51. The highest BCUT2D eigenvalue weighted by molar-refractivity contribution is 5.05. The maximum atomic E-state index is 6.36. The van der Waals surface area contributed by atoms with E-state index in [4.69, 9.17) is 23.7 Å². The van der Waals surface area contributed by atoms with Gasteiger partial charge < -0.3 is 23.7 Å². The van der Waals surface area contributed by atoms with Crippen LogP contribution in [0.1, 0.15) is 52.4 Å². The first-order chi connectivity index (χ1) is 9.95. The van der Waals surface area contributed by atoms with Crippen molar-refractivity contribution in [2.24, 2.45) is 0 Å². The molecular formula is C16H26O5. The van der Waals surface area contributed by atoms with E-state index in [1.165, 1.54) is 12.8 Å². The van der Waals surface area contributed by atoms with Crippen molar-refractivity contribution in [1.29, 1.82) is 0 Å². The normalized spacial score (nSPS) is 47.3. The highest BCUT2D eigenvalue weighted by atomic mass is 16.8. The van der Waals surface area contributed by atoms with Gasteiger partial charge in [-0.2, -0.15) is 0 Å². The van der Waals surface area contributed by atoms with Gasteiger partial charge in [0, 0.05) is 32.8 Å². The third-order valence-corrected chi connectivity index (χ3v) is 5.41. The van der Waals surface area contributed by atoms with Crippen molar-refractivity contribution in [2.75, 3.05) is 13.7 Å². The molecule has 4 rings (SSSR count). The lowest BCUT2D eigenvalue weighted by Gasteiger charge is -2.41. The van der Waals surface area contributed by atoms with Gasteiger partial charge in [0.25, 0.3) is 0 Å². The molecule has 120 valence electrons. The summed E-state index contributed by atoms with van der Waals surface area (Å²) in [7, 11) is 1.75. The lowest BCUT2D eigenvalue weighted by atomic mass is 9.80. The van der Waals surface area contributed by atoms with Crippen molar-refractivity contribution >= 4 is 0 Å². The molecule has 2 heterocycles. The summed E-state index contributed by atoms with van der Waals surface area (Å²) < 4.78 is 30.5. The summed E-state index contributed by atoms with van der Waals surface area (Å²) >= 11 is 0. The van der Waals surface area contributed by atoms with Crippen LogP contribution in [-0.4, -0.2) is 49.2 Å². The molecular weight excluding hydrogens is 272 g/mol. The Morgan fingerprint density at radius 2 is 1.81 bits per heavy atom. The lowest BCUT2D eigenvalue weighted by molar-refractivity contribution is -0.191. The summed E-state index contributed by atoms with van der Waals surface area (Å²) in [5, 5.41) is 0. The van der Waals surface area contributed by atoms with E-state index in [0.717, 1.165) is 25.7 Å². The van der Waals surface area contributed by atoms with Crippen molar-refractivity contribution in [2.45, 2.75) is 87.9 Å². The van der Waals surface area contributed by atoms with Crippen molar-refractivity contribution in [3.63, 3.8) is 0 Å². The van der Waals surface area contributed by atoms with Gasteiger partial charge in [-0.05, 0) is 26.7 Å². The average Bonchev–Trinajstić information content (AvgIpc) is 3.09. The van der Waals surface area contributed by atoms with Crippen LogP contribution >= 0.6 is 0 Å². The van der Waals surface area contributed by atoms with Crippen molar-refractivity contribution in [3.8, 4) is 0 Å². The Morgan fingerprint density at radius 1 is 1.05 bits per heavy atom. The van der Waals surface area contributed by atoms with E-state index in [9.17, 15) is 0 Å². The number of rotatable bonds is 1. The fraction of sp³-hybridized carbons (Fsp3) is 1.00. The highest BCUT2D eigenvalue weighted by Gasteiger charge is 2.60. The molecule has 4 fully saturated rings. The topological polar surface area (TPSA) is 46.2 Å². The second-order valence-corrected chi connectivity index (χ2v) is 7.51. The van der Waals surface area contributed by atoms with Crippen LogP contribution in [0.3, 0.4) is 0 Å². The molecule has 5 nitrogen and oxygen atoms in total. The second kappa shape index (κ2) is 4.65. The molecule has 0 amide bonds. The van der Waals surface area contributed by atoms with Gasteiger partial charge in [0.05, 0.1) is 18.8 Å². The number of hydrogen-bond acceptors (Lipinski definition) is 5. The Labute approximate surface area is 126 Å². The van der Waals surface area contributed by atoms with Crippen LogP contribution in [0.15, 0.2) is 0 Å². The smallest absolute Gasteiger partial charge is 0.169 e. The van der Waals surface area contributed by atoms with E-state index < -0.39 is 5.79 Å². The summed E-state index contributed by atoms with van der Waals surface area (Å²) in [5.41, 5.74) is -0.293. The van der Waals surface area contributed by atoms with Crippen molar-refractivity contribution in [1.82, 2.24) is 0 Å². The quantitative estimate of drug-likeness (QED) is 0.744. The zero-order chi connectivity index (χ0) is 14.7. The Kier molecular flexibility index (Phi) is 3.19. The van der Waals surface area contributed by atoms with Gasteiger partial charge in [0.15, 0.2) is 11.6 Å². The van der Waals surface area contributed by atoms with E-state index >= 15 is 0 Å². The summed E-state index contributed by atoms with van der Waals surface area (Å²) in [6.45, 7) is 4.56. The predicted octanol–water partition coefficient (Wildman–Crippen LogP) is 2.37. The third kappa shape index (κ3) is 2.34. The summed E-state index contributed by atoms with van der Waals surface area (Å²) in [4.78, 5) is 0.